The van der Waals surface area contributed by atoms with Gasteiger partial charge in [0.1, 0.15) is 0 Å². The van der Waals surface area contributed by atoms with E-state index < -0.39 is 0 Å². The number of aryl methyl sites for hydroxylation is 2. The van der Waals surface area contributed by atoms with E-state index in [4.69, 9.17) is 23.2 Å². The molecule has 0 fully saturated rings. The van der Waals surface area contributed by atoms with Crippen molar-refractivity contribution in [2.24, 2.45) is 0 Å². The molecular formula is C19H20Cl2N2O2. The molecule has 132 valence electrons. The summed E-state index contributed by atoms with van der Waals surface area (Å²) in [6.07, 6.45) is 0.164. The van der Waals surface area contributed by atoms with Crippen molar-refractivity contribution in [1.29, 1.82) is 0 Å². The first kappa shape index (κ1) is 19.3. The lowest BCUT2D eigenvalue weighted by Crippen LogP contribution is -2.32. The van der Waals surface area contributed by atoms with E-state index >= 15 is 0 Å². The molecule has 6 heteroatoms. The summed E-state index contributed by atoms with van der Waals surface area (Å²) in [5, 5.41) is 3.64. The third kappa shape index (κ3) is 5.48. The van der Waals surface area contributed by atoms with E-state index in [1.54, 1.807) is 23.1 Å². The average Bonchev–Trinajstić information content (AvgIpc) is 2.47. The van der Waals surface area contributed by atoms with Crippen LogP contribution in [0.1, 0.15) is 24.5 Å². The van der Waals surface area contributed by atoms with E-state index in [9.17, 15) is 9.59 Å². The second-order valence-electron chi connectivity index (χ2n) is 5.92. The Hall–Kier alpha value is -2.04. The summed E-state index contributed by atoms with van der Waals surface area (Å²) < 4.78 is 0. The van der Waals surface area contributed by atoms with Gasteiger partial charge in [0, 0.05) is 41.3 Å². The molecule has 2 amide bonds. The molecule has 0 heterocycles. The van der Waals surface area contributed by atoms with Gasteiger partial charge in [-0.2, -0.15) is 0 Å². The fraction of sp³-hybridized carbons (Fsp3) is 0.263. The van der Waals surface area contributed by atoms with Crippen molar-refractivity contribution in [2.45, 2.75) is 27.2 Å². The van der Waals surface area contributed by atoms with Gasteiger partial charge in [0.2, 0.25) is 11.8 Å². The van der Waals surface area contributed by atoms with Crippen LogP contribution in [0.2, 0.25) is 10.0 Å². The molecule has 0 bridgehead atoms. The van der Waals surface area contributed by atoms with Gasteiger partial charge in [-0.15, -0.1) is 0 Å². The number of carbonyl (C=O) groups excluding carboxylic acids is 2. The number of nitrogens with zero attached hydrogens (tertiary/aromatic N) is 1. The molecule has 2 aromatic rings. The number of benzene rings is 2. The predicted molar refractivity (Wildman–Crippen MR) is 104 cm³/mol. The minimum Gasteiger partial charge on any atom is -0.326 e. The maximum Gasteiger partial charge on any atom is 0.226 e. The van der Waals surface area contributed by atoms with Crippen molar-refractivity contribution in [3.8, 4) is 0 Å². The lowest BCUT2D eigenvalue weighted by molar-refractivity contribution is -0.117. The van der Waals surface area contributed by atoms with Crippen LogP contribution in [0.4, 0.5) is 11.4 Å². The number of amides is 2. The zero-order valence-electron chi connectivity index (χ0n) is 14.4. The predicted octanol–water partition coefficient (Wildman–Crippen LogP) is 4.99. The van der Waals surface area contributed by atoms with Gasteiger partial charge in [0.15, 0.2) is 0 Å². The van der Waals surface area contributed by atoms with Gasteiger partial charge in [-0.1, -0.05) is 40.9 Å². The molecule has 2 aromatic carbocycles. The summed E-state index contributed by atoms with van der Waals surface area (Å²) in [5.74, 6) is -0.320. The van der Waals surface area contributed by atoms with Crippen LogP contribution in [-0.2, 0) is 9.59 Å². The largest absolute Gasteiger partial charge is 0.326 e. The average molecular weight is 379 g/mol. The standard InChI is InChI=1S/C19H20Cl2N2O2/c1-12-4-5-18(13(2)8-12)23(14(3)24)7-6-19(25)22-17-10-15(20)9-16(21)11-17/h4-5,8-11H,6-7H2,1-3H3,(H,22,25). The van der Waals surface area contributed by atoms with Crippen molar-refractivity contribution in [3.05, 3.63) is 57.6 Å². The highest BCUT2D eigenvalue weighted by Gasteiger charge is 2.15. The van der Waals surface area contributed by atoms with E-state index in [2.05, 4.69) is 5.32 Å². The van der Waals surface area contributed by atoms with E-state index in [0.717, 1.165) is 16.8 Å². The summed E-state index contributed by atoms with van der Waals surface area (Å²) in [6, 6.07) is 10.7. The number of rotatable bonds is 5. The summed E-state index contributed by atoms with van der Waals surface area (Å²) in [4.78, 5) is 25.8. The topological polar surface area (TPSA) is 49.4 Å². The Morgan fingerprint density at radius 2 is 1.68 bits per heavy atom. The lowest BCUT2D eigenvalue weighted by Gasteiger charge is -2.23. The van der Waals surface area contributed by atoms with Crippen molar-refractivity contribution in [2.75, 3.05) is 16.8 Å². The van der Waals surface area contributed by atoms with E-state index in [-0.39, 0.29) is 18.2 Å². The Morgan fingerprint density at radius 1 is 1.04 bits per heavy atom. The quantitative estimate of drug-likeness (QED) is 0.796. The SMILES string of the molecule is CC(=O)N(CCC(=O)Nc1cc(Cl)cc(Cl)c1)c1ccc(C)cc1C. The molecule has 0 saturated heterocycles. The molecule has 0 aliphatic carbocycles. The fourth-order valence-electron chi connectivity index (χ4n) is 2.62. The van der Waals surface area contributed by atoms with Gasteiger partial charge in [-0.05, 0) is 43.7 Å². The number of hydrogen-bond donors (Lipinski definition) is 1. The molecule has 0 spiro atoms. The van der Waals surface area contributed by atoms with Crippen molar-refractivity contribution >= 4 is 46.4 Å². The molecule has 0 atom stereocenters. The normalized spacial score (nSPS) is 10.4. The number of carbonyl (C=O) groups is 2. The third-order valence-corrected chi connectivity index (χ3v) is 4.17. The van der Waals surface area contributed by atoms with Crippen LogP contribution in [-0.4, -0.2) is 18.4 Å². The maximum absolute atomic E-state index is 12.2. The number of anilines is 2. The maximum atomic E-state index is 12.2. The second-order valence-corrected chi connectivity index (χ2v) is 6.79. The molecule has 0 aromatic heterocycles. The number of halogens is 2. The first-order valence-electron chi connectivity index (χ1n) is 7.87. The Kier molecular flexibility index (Phi) is 6.45. The molecule has 0 unspecified atom stereocenters. The summed E-state index contributed by atoms with van der Waals surface area (Å²) in [7, 11) is 0. The molecule has 0 saturated carbocycles. The second kappa shape index (κ2) is 8.37. The third-order valence-electron chi connectivity index (χ3n) is 3.73. The van der Waals surface area contributed by atoms with E-state index in [1.165, 1.54) is 6.92 Å². The highest BCUT2D eigenvalue weighted by atomic mass is 35.5. The van der Waals surface area contributed by atoms with E-state index in [1.807, 2.05) is 32.0 Å². The molecule has 25 heavy (non-hydrogen) atoms. The molecule has 0 radical (unpaired) electrons. The molecular weight excluding hydrogens is 359 g/mol. The summed E-state index contributed by atoms with van der Waals surface area (Å²) in [5.41, 5.74) is 3.47. The number of nitrogens with one attached hydrogen (secondary N) is 1. The smallest absolute Gasteiger partial charge is 0.226 e. The highest BCUT2D eigenvalue weighted by molar-refractivity contribution is 6.35. The Bertz CT molecular complexity index is 786. The van der Waals surface area contributed by atoms with Gasteiger partial charge in [-0.3, -0.25) is 9.59 Å². The van der Waals surface area contributed by atoms with Crippen molar-refractivity contribution in [1.82, 2.24) is 0 Å². The van der Waals surface area contributed by atoms with Crippen molar-refractivity contribution in [3.63, 3.8) is 0 Å². The minimum absolute atomic E-state index is 0.106. The van der Waals surface area contributed by atoms with Crippen LogP contribution in [0, 0.1) is 13.8 Å². The molecule has 4 nitrogen and oxygen atoms in total. The van der Waals surface area contributed by atoms with Crippen LogP contribution in [0.3, 0.4) is 0 Å². The lowest BCUT2D eigenvalue weighted by atomic mass is 10.1. The Labute approximate surface area is 157 Å². The fourth-order valence-corrected chi connectivity index (χ4v) is 3.14. The molecule has 0 aliphatic heterocycles. The molecule has 2 rings (SSSR count). The van der Waals surface area contributed by atoms with Crippen LogP contribution in [0.25, 0.3) is 0 Å². The minimum atomic E-state index is -0.214. The zero-order chi connectivity index (χ0) is 18.6. The van der Waals surface area contributed by atoms with Crippen LogP contribution in [0.5, 0.6) is 0 Å². The molecule has 0 aliphatic rings. The van der Waals surface area contributed by atoms with Gasteiger partial charge in [0.25, 0.3) is 0 Å². The van der Waals surface area contributed by atoms with Crippen LogP contribution in [0.15, 0.2) is 36.4 Å². The summed E-state index contributed by atoms with van der Waals surface area (Å²) in [6.45, 7) is 5.73. The van der Waals surface area contributed by atoms with Crippen molar-refractivity contribution < 1.29 is 9.59 Å². The first-order valence-corrected chi connectivity index (χ1v) is 8.63. The Morgan fingerprint density at radius 3 is 2.24 bits per heavy atom. The van der Waals surface area contributed by atoms with Crippen LogP contribution >= 0.6 is 23.2 Å². The van der Waals surface area contributed by atoms with E-state index in [0.29, 0.717) is 22.3 Å². The highest BCUT2D eigenvalue weighted by Crippen LogP contribution is 2.24. The zero-order valence-corrected chi connectivity index (χ0v) is 15.9. The van der Waals surface area contributed by atoms with Gasteiger partial charge in [-0.25, -0.2) is 0 Å². The monoisotopic (exact) mass is 378 g/mol. The van der Waals surface area contributed by atoms with Gasteiger partial charge >= 0.3 is 0 Å². The van der Waals surface area contributed by atoms with Gasteiger partial charge < -0.3 is 10.2 Å². The van der Waals surface area contributed by atoms with Gasteiger partial charge in [0.05, 0.1) is 0 Å². The van der Waals surface area contributed by atoms with Crippen LogP contribution < -0.4 is 10.2 Å². The molecule has 1 N–H and O–H groups in total. The summed E-state index contributed by atoms with van der Waals surface area (Å²) >= 11 is 11.8. The Balaban J connectivity index is 2.05. The first-order chi connectivity index (χ1) is 11.8. The number of hydrogen-bond acceptors (Lipinski definition) is 2.